The second-order valence-corrected chi connectivity index (χ2v) is 4.52. The zero-order valence-corrected chi connectivity index (χ0v) is 11.4. The van der Waals surface area contributed by atoms with Crippen molar-refractivity contribution in [3.05, 3.63) is 24.0 Å². The Morgan fingerprint density at radius 1 is 1.45 bits per heavy atom. The Kier molecular flexibility index (Phi) is 5.66. The number of aromatic nitrogens is 1. The Balaban J connectivity index is 2.86. The van der Waals surface area contributed by atoms with Gasteiger partial charge in [-0.15, -0.1) is 0 Å². The third-order valence-corrected chi connectivity index (χ3v) is 2.97. The monoisotopic (exact) mass is 288 g/mol. The maximum atomic E-state index is 12.4. The minimum Gasteiger partial charge on any atom is -0.481 e. The molecule has 0 saturated heterocycles. The molecule has 0 spiro atoms. The van der Waals surface area contributed by atoms with Gasteiger partial charge in [-0.3, -0.25) is 9.59 Å². The topological polar surface area (TPSA) is 62.5 Å². The minimum atomic E-state index is -2.55. The number of carboxylic acids is 1. The number of carbonyl (C=O) groups excluding carboxylic acids is 1. The Labute approximate surface area is 115 Å². The van der Waals surface area contributed by atoms with Gasteiger partial charge in [0.25, 0.3) is 12.3 Å². The van der Waals surface area contributed by atoms with E-state index in [1.807, 2.05) is 0 Å². The summed E-state index contributed by atoms with van der Waals surface area (Å²) >= 11 is 0. The number of hydrogen-bond donors (Lipinski definition) is 1. The number of carbonyl (C=O) groups is 2. The lowest BCUT2D eigenvalue weighted by Gasteiger charge is -2.23. The summed E-state index contributed by atoms with van der Waals surface area (Å²) in [6.07, 6.45) is -1.14. The number of hydrogen-bond acceptors (Lipinski definition) is 2. The van der Waals surface area contributed by atoms with Crippen LogP contribution in [0, 0.1) is 5.92 Å². The molecule has 0 aliphatic heterocycles. The number of amides is 1. The van der Waals surface area contributed by atoms with Gasteiger partial charge in [0.1, 0.15) is 5.69 Å². The fourth-order valence-corrected chi connectivity index (χ4v) is 1.84. The molecule has 1 atom stereocenters. The van der Waals surface area contributed by atoms with E-state index in [4.69, 9.17) is 5.11 Å². The molecular weight excluding hydrogens is 270 g/mol. The molecule has 1 heterocycles. The van der Waals surface area contributed by atoms with E-state index in [1.165, 1.54) is 34.7 Å². The average molecular weight is 288 g/mol. The van der Waals surface area contributed by atoms with Gasteiger partial charge in [-0.05, 0) is 19.1 Å². The fraction of sp³-hybridized carbons (Fsp3) is 0.538. The predicted molar refractivity (Wildman–Crippen MR) is 68.8 cm³/mol. The van der Waals surface area contributed by atoms with Crippen molar-refractivity contribution in [1.29, 1.82) is 0 Å². The van der Waals surface area contributed by atoms with Gasteiger partial charge in [-0.1, -0.05) is 6.92 Å². The molecule has 1 unspecified atom stereocenters. The van der Waals surface area contributed by atoms with Gasteiger partial charge in [0, 0.05) is 19.3 Å². The van der Waals surface area contributed by atoms with E-state index >= 15 is 0 Å². The second kappa shape index (κ2) is 7.02. The van der Waals surface area contributed by atoms with Gasteiger partial charge in [0.2, 0.25) is 0 Å². The van der Waals surface area contributed by atoms with Crippen LogP contribution in [-0.4, -0.2) is 46.0 Å². The highest BCUT2D eigenvalue weighted by atomic mass is 19.3. The molecular formula is C13H18F2N2O3. The van der Waals surface area contributed by atoms with Crippen molar-refractivity contribution in [1.82, 2.24) is 9.47 Å². The molecule has 112 valence electrons. The van der Waals surface area contributed by atoms with Crippen molar-refractivity contribution in [3.63, 3.8) is 0 Å². The number of carboxylic acid groups (broad SMARTS) is 1. The summed E-state index contributed by atoms with van der Waals surface area (Å²) in [5.74, 6) is -2.15. The number of alkyl halides is 2. The van der Waals surface area contributed by atoms with E-state index in [0.717, 1.165) is 0 Å². The molecule has 5 nitrogen and oxygen atoms in total. The van der Waals surface area contributed by atoms with E-state index in [2.05, 4.69) is 0 Å². The van der Waals surface area contributed by atoms with Crippen LogP contribution in [0.3, 0.4) is 0 Å². The molecule has 0 fully saturated rings. The van der Waals surface area contributed by atoms with Crippen LogP contribution in [0.2, 0.25) is 0 Å². The zero-order valence-electron chi connectivity index (χ0n) is 11.4. The molecule has 0 aromatic carbocycles. The summed E-state index contributed by atoms with van der Waals surface area (Å²) in [6, 6.07) is 2.98. The standard InChI is InChI=1S/C13H18F2N2O3/c1-3-16(7-9(2)13(19)20)12(18)10-5-4-6-17(10)8-11(14)15/h4-6,9,11H,3,7-8H2,1-2H3,(H,19,20). The molecule has 1 aromatic heterocycles. The van der Waals surface area contributed by atoms with E-state index in [9.17, 15) is 18.4 Å². The summed E-state index contributed by atoms with van der Waals surface area (Å²) in [5.41, 5.74) is 0.143. The highest BCUT2D eigenvalue weighted by molar-refractivity contribution is 5.93. The molecule has 0 aliphatic carbocycles. The first kappa shape index (κ1) is 16.1. The van der Waals surface area contributed by atoms with Crippen LogP contribution < -0.4 is 0 Å². The van der Waals surface area contributed by atoms with E-state index < -0.39 is 30.8 Å². The molecule has 1 aromatic rings. The third-order valence-electron chi connectivity index (χ3n) is 2.97. The first-order valence-corrected chi connectivity index (χ1v) is 6.32. The molecule has 1 rings (SSSR count). The summed E-state index contributed by atoms with van der Waals surface area (Å²) in [6.45, 7) is 3.02. The SMILES string of the molecule is CCN(CC(C)C(=O)O)C(=O)c1cccn1CC(F)F. The Morgan fingerprint density at radius 2 is 2.10 bits per heavy atom. The lowest BCUT2D eigenvalue weighted by molar-refractivity contribution is -0.141. The second-order valence-electron chi connectivity index (χ2n) is 4.52. The minimum absolute atomic E-state index is 0.0462. The van der Waals surface area contributed by atoms with Gasteiger partial charge in [0.15, 0.2) is 0 Å². The Morgan fingerprint density at radius 3 is 2.60 bits per heavy atom. The van der Waals surface area contributed by atoms with Crippen molar-refractivity contribution < 1.29 is 23.5 Å². The number of rotatable bonds is 7. The maximum Gasteiger partial charge on any atom is 0.308 e. The van der Waals surface area contributed by atoms with Crippen LogP contribution >= 0.6 is 0 Å². The summed E-state index contributed by atoms with van der Waals surface area (Å²) in [4.78, 5) is 24.4. The van der Waals surface area contributed by atoms with Crippen LogP contribution in [0.4, 0.5) is 8.78 Å². The summed E-state index contributed by atoms with van der Waals surface area (Å²) < 4.78 is 26.0. The summed E-state index contributed by atoms with van der Waals surface area (Å²) in [7, 11) is 0. The van der Waals surface area contributed by atoms with Crippen LogP contribution in [-0.2, 0) is 11.3 Å². The molecule has 0 radical (unpaired) electrons. The molecule has 20 heavy (non-hydrogen) atoms. The lowest BCUT2D eigenvalue weighted by Crippen LogP contribution is -2.37. The van der Waals surface area contributed by atoms with Crippen LogP contribution in [0.1, 0.15) is 24.3 Å². The highest BCUT2D eigenvalue weighted by Crippen LogP contribution is 2.11. The lowest BCUT2D eigenvalue weighted by atomic mass is 10.1. The van der Waals surface area contributed by atoms with Crippen molar-refractivity contribution in [2.45, 2.75) is 26.8 Å². The average Bonchev–Trinajstić information content (AvgIpc) is 2.81. The molecule has 0 saturated carbocycles. The van der Waals surface area contributed by atoms with Gasteiger partial charge in [-0.25, -0.2) is 8.78 Å². The highest BCUT2D eigenvalue weighted by Gasteiger charge is 2.23. The molecule has 1 amide bonds. The molecule has 7 heteroatoms. The van der Waals surface area contributed by atoms with Gasteiger partial charge in [-0.2, -0.15) is 0 Å². The van der Waals surface area contributed by atoms with Crippen molar-refractivity contribution >= 4 is 11.9 Å². The normalized spacial score (nSPS) is 12.4. The maximum absolute atomic E-state index is 12.4. The molecule has 0 aliphatic rings. The largest absolute Gasteiger partial charge is 0.481 e. The van der Waals surface area contributed by atoms with Gasteiger partial charge < -0.3 is 14.6 Å². The van der Waals surface area contributed by atoms with Crippen molar-refractivity contribution in [2.75, 3.05) is 13.1 Å². The molecule has 1 N–H and O–H groups in total. The Hall–Kier alpha value is -1.92. The smallest absolute Gasteiger partial charge is 0.308 e. The van der Waals surface area contributed by atoms with Crippen LogP contribution in [0.25, 0.3) is 0 Å². The van der Waals surface area contributed by atoms with Crippen molar-refractivity contribution in [3.8, 4) is 0 Å². The van der Waals surface area contributed by atoms with E-state index in [-0.39, 0.29) is 12.2 Å². The predicted octanol–water partition coefficient (Wildman–Crippen LogP) is 1.94. The van der Waals surface area contributed by atoms with Crippen molar-refractivity contribution in [2.24, 2.45) is 5.92 Å². The first-order valence-electron chi connectivity index (χ1n) is 6.32. The van der Waals surface area contributed by atoms with E-state index in [0.29, 0.717) is 6.54 Å². The molecule has 0 bridgehead atoms. The first-order chi connectivity index (χ1) is 9.36. The quantitative estimate of drug-likeness (QED) is 0.834. The van der Waals surface area contributed by atoms with E-state index in [1.54, 1.807) is 6.92 Å². The van der Waals surface area contributed by atoms with Gasteiger partial charge in [0.05, 0.1) is 12.5 Å². The fourth-order valence-electron chi connectivity index (χ4n) is 1.84. The van der Waals surface area contributed by atoms with Crippen LogP contribution in [0.15, 0.2) is 18.3 Å². The van der Waals surface area contributed by atoms with Crippen LogP contribution in [0.5, 0.6) is 0 Å². The number of aliphatic carboxylic acids is 1. The third kappa shape index (κ3) is 4.04. The number of nitrogens with zero attached hydrogens (tertiary/aromatic N) is 2. The van der Waals surface area contributed by atoms with Gasteiger partial charge >= 0.3 is 5.97 Å². The number of halogens is 2. The summed E-state index contributed by atoms with van der Waals surface area (Å²) in [5, 5.41) is 8.87. The zero-order chi connectivity index (χ0) is 15.3. The Bertz CT molecular complexity index is 474.